The van der Waals surface area contributed by atoms with Crippen molar-refractivity contribution in [3.8, 4) is 0 Å². The Kier molecular flexibility index (Phi) is 2.48. The molecule has 0 fully saturated rings. The minimum atomic E-state index is -0.266. The molecule has 0 bridgehead atoms. The maximum absolute atomic E-state index is 10.9. The van der Waals surface area contributed by atoms with Crippen LogP contribution < -0.4 is 0 Å². The summed E-state index contributed by atoms with van der Waals surface area (Å²) < 4.78 is 0.748. The zero-order chi connectivity index (χ0) is 8.27. The minimum Gasteiger partial charge on any atom is -0.286 e. The lowest BCUT2D eigenvalue weighted by Crippen LogP contribution is -2.00. The average Bonchev–Trinajstić information content (AvgIpc) is 2.05. The molecule has 56 valence electrons. The van der Waals surface area contributed by atoms with Crippen molar-refractivity contribution in [3.63, 3.8) is 0 Å². The van der Waals surface area contributed by atoms with E-state index >= 15 is 0 Å². The van der Waals surface area contributed by atoms with Gasteiger partial charge in [0.25, 0.3) is 0 Å². The van der Waals surface area contributed by atoms with Crippen molar-refractivity contribution in [2.75, 3.05) is 0 Å². The van der Waals surface area contributed by atoms with Crippen LogP contribution in [0.5, 0.6) is 0 Å². The second-order valence-corrected chi connectivity index (χ2v) is 2.71. The quantitative estimate of drug-likeness (QED) is 0.553. The number of rotatable bonds is 2. The number of nitrogens with zero attached hydrogens (tertiary/aromatic N) is 2. The van der Waals surface area contributed by atoms with Crippen LogP contribution in [0.15, 0.2) is 29.5 Å². The van der Waals surface area contributed by atoms with Crippen LogP contribution >= 0.6 is 15.9 Å². The number of ketones is 1. The molecule has 0 spiro atoms. The Balaban J connectivity index is 2.98. The van der Waals surface area contributed by atoms with Crippen molar-refractivity contribution in [1.29, 1.82) is 0 Å². The van der Waals surface area contributed by atoms with E-state index in [9.17, 15) is 4.79 Å². The molecule has 0 atom stereocenters. The summed E-state index contributed by atoms with van der Waals surface area (Å²) in [5.41, 5.74) is 0. The molecule has 0 aliphatic carbocycles. The highest BCUT2D eigenvalue weighted by atomic mass is 79.9. The van der Waals surface area contributed by atoms with Gasteiger partial charge in [0, 0.05) is 12.4 Å². The van der Waals surface area contributed by atoms with Crippen molar-refractivity contribution in [1.82, 2.24) is 9.97 Å². The fraction of sp³-hybridized carbons (Fsp3) is 0. The van der Waals surface area contributed by atoms with Gasteiger partial charge in [0.1, 0.15) is 0 Å². The Labute approximate surface area is 72.3 Å². The van der Waals surface area contributed by atoms with Gasteiger partial charge in [0.2, 0.25) is 5.78 Å². The summed E-state index contributed by atoms with van der Waals surface area (Å²) in [6.45, 7) is 3.32. The monoisotopic (exact) mass is 212 g/mol. The first-order valence-electron chi connectivity index (χ1n) is 2.88. The highest BCUT2D eigenvalue weighted by Crippen LogP contribution is 2.04. The number of aromatic nitrogens is 2. The van der Waals surface area contributed by atoms with Crippen LogP contribution in [-0.4, -0.2) is 15.8 Å². The fourth-order valence-corrected chi connectivity index (χ4v) is 0.736. The second-order valence-electron chi connectivity index (χ2n) is 1.79. The van der Waals surface area contributed by atoms with Crippen LogP contribution in [0.2, 0.25) is 0 Å². The Morgan fingerprint density at radius 3 is 2.55 bits per heavy atom. The van der Waals surface area contributed by atoms with Gasteiger partial charge in [-0.05, 0) is 22.0 Å². The van der Waals surface area contributed by atoms with Crippen LogP contribution in [0.25, 0.3) is 0 Å². The van der Waals surface area contributed by atoms with Gasteiger partial charge in [-0.15, -0.1) is 0 Å². The summed E-state index contributed by atoms with van der Waals surface area (Å²) in [5.74, 6) is -0.0966. The first-order chi connectivity index (χ1) is 5.24. The molecule has 0 aliphatic heterocycles. The van der Waals surface area contributed by atoms with E-state index in [1.165, 1.54) is 18.5 Å². The second kappa shape index (κ2) is 3.39. The van der Waals surface area contributed by atoms with Gasteiger partial charge in [0.05, 0.1) is 4.47 Å². The number of halogens is 1. The lowest BCUT2D eigenvalue weighted by Gasteiger charge is -1.91. The van der Waals surface area contributed by atoms with Gasteiger partial charge in [0.15, 0.2) is 5.82 Å². The van der Waals surface area contributed by atoms with Crippen LogP contribution in [-0.2, 0) is 0 Å². The van der Waals surface area contributed by atoms with Crippen LogP contribution in [0.3, 0.4) is 0 Å². The Morgan fingerprint density at radius 1 is 1.55 bits per heavy atom. The van der Waals surface area contributed by atoms with Gasteiger partial charge in [-0.1, -0.05) is 6.58 Å². The van der Waals surface area contributed by atoms with Gasteiger partial charge in [-0.3, -0.25) is 4.79 Å². The maximum atomic E-state index is 10.9. The molecule has 0 saturated heterocycles. The Bertz CT molecular complexity index is 281. The molecule has 1 rings (SSSR count). The van der Waals surface area contributed by atoms with Crippen molar-refractivity contribution in [3.05, 3.63) is 35.3 Å². The topological polar surface area (TPSA) is 42.9 Å². The fourth-order valence-electron chi connectivity index (χ4n) is 0.531. The number of carbonyl (C=O) groups is 1. The van der Waals surface area contributed by atoms with E-state index in [1.54, 1.807) is 0 Å². The molecular weight excluding hydrogens is 208 g/mol. The largest absolute Gasteiger partial charge is 0.286 e. The predicted octanol–water partition coefficient (Wildman–Crippen LogP) is 1.61. The van der Waals surface area contributed by atoms with E-state index in [0.29, 0.717) is 0 Å². The van der Waals surface area contributed by atoms with Crippen molar-refractivity contribution in [2.45, 2.75) is 0 Å². The molecule has 4 heteroatoms. The number of allylic oxidation sites excluding steroid dienone is 1. The van der Waals surface area contributed by atoms with Crippen molar-refractivity contribution in [2.24, 2.45) is 0 Å². The molecule has 0 N–H and O–H groups in total. The molecule has 1 heterocycles. The first-order valence-corrected chi connectivity index (χ1v) is 3.67. The van der Waals surface area contributed by atoms with Crippen LogP contribution in [0.1, 0.15) is 10.6 Å². The number of hydrogen-bond acceptors (Lipinski definition) is 3. The molecule has 11 heavy (non-hydrogen) atoms. The smallest absolute Gasteiger partial charge is 0.222 e. The lowest BCUT2D eigenvalue weighted by molar-refractivity contribution is 0.103. The van der Waals surface area contributed by atoms with Gasteiger partial charge in [-0.2, -0.15) is 0 Å². The zero-order valence-electron chi connectivity index (χ0n) is 5.62. The summed E-state index contributed by atoms with van der Waals surface area (Å²) in [5, 5.41) is 0. The normalized spacial score (nSPS) is 9.18. The minimum absolute atomic E-state index is 0.170. The third-order valence-corrected chi connectivity index (χ3v) is 1.44. The molecule has 1 aromatic rings. The summed E-state index contributed by atoms with van der Waals surface area (Å²) in [6, 6.07) is 0. The molecule has 0 aromatic carbocycles. The molecule has 0 radical (unpaired) electrons. The highest BCUT2D eigenvalue weighted by molar-refractivity contribution is 9.10. The van der Waals surface area contributed by atoms with Gasteiger partial charge >= 0.3 is 0 Å². The van der Waals surface area contributed by atoms with E-state index in [1.807, 2.05) is 0 Å². The molecular formula is C7H5BrN2O. The summed E-state index contributed by atoms with van der Waals surface area (Å²) in [6.07, 6.45) is 4.22. The zero-order valence-corrected chi connectivity index (χ0v) is 7.21. The number of hydrogen-bond donors (Lipinski definition) is 0. The Hall–Kier alpha value is -1.03. The molecule has 0 saturated carbocycles. The summed E-state index contributed by atoms with van der Waals surface area (Å²) >= 11 is 3.15. The predicted molar refractivity (Wildman–Crippen MR) is 44.3 cm³/mol. The molecule has 0 aliphatic rings. The van der Waals surface area contributed by atoms with E-state index < -0.39 is 0 Å². The third kappa shape index (κ3) is 1.94. The number of carbonyl (C=O) groups excluding carboxylic acids is 1. The first kappa shape index (κ1) is 8.07. The molecule has 0 unspecified atom stereocenters. The maximum Gasteiger partial charge on any atom is 0.222 e. The summed E-state index contributed by atoms with van der Waals surface area (Å²) in [4.78, 5) is 18.4. The average molecular weight is 213 g/mol. The van der Waals surface area contributed by atoms with Crippen molar-refractivity contribution >= 4 is 21.7 Å². The van der Waals surface area contributed by atoms with Gasteiger partial charge < -0.3 is 0 Å². The van der Waals surface area contributed by atoms with Crippen molar-refractivity contribution < 1.29 is 4.79 Å². The van der Waals surface area contributed by atoms with E-state index in [0.717, 1.165) is 4.47 Å². The van der Waals surface area contributed by atoms with E-state index in [2.05, 4.69) is 32.5 Å². The van der Waals surface area contributed by atoms with Crippen LogP contribution in [0.4, 0.5) is 0 Å². The summed E-state index contributed by atoms with van der Waals surface area (Å²) in [7, 11) is 0. The SMILES string of the molecule is C=CC(=O)c1ncc(Br)cn1. The molecule has 0 amide bonds. The lowest BCUT2D eigenvalue weighted by atomic mass is 10.4. The third-order valence-electron chi connectivity index (χ3n) is 1.03. The highest BCUT2D eigenvalue weighted by Gasteiger charge is 2.02. The molecule has 1 aromatic heterocycles. The molecule has 3 nitrogen and oxygen atoms in total. The van der Waals surface area contributed by atoms with Crippen LogP contribution in [0, 0.1) is 0 Å². The standard InChI is InChI=1S/C7H5BrN2O/c1-2-6(11)7-9-3-5(8)4-10-7/h2-4H,1H2. The Morgan fingerprint density at radius 2 is 2.09 bits per heavy atom. The van der Waals surface area contributed by atoms with Gasteiger partial charge in [-0.25, -0.2) is 9.97 Å². The van der Waals surface area contributed by atoms with E-state index in [-0.39, 0.29) is 11.6 Å². The van der Waals surface area contributed by atoms with E-state index in [4.69, 9.17) is 0 Å².